The summed E-state index contributed by atoms with van der Waals surface area (Å²) < 4.78 is 18.1. The Morgan fingerprint density at radius 2 is 1.65 bits per heavy atom. The zero-order chi connectivity index (χ0) is 31.0. The molecule has 0 amide bonds. The van der Waals surface area contributed by atoms with E-state index in [0.717, 1.165) is 6.07 Å². The van der Waals surface area contributed by atoms with Crippen LogP contribution in [0, 0.1) is 5.92 Å². The lowest BCUT2D eigenvalue weighted by Crippen LogP contribution is -2.29. The van der Waals surface area contributed by atoms with Crippen molar-refractivity contribution in [2.45, 2.75) is 32.7 Å². The molecule has 0 aliphatic carbocycles. The quantitative estimate of drug-likeness (QED) is 0.164. The van der Waals surface area contributed by atoms with Crippen molar-refractivity contribution in [1.82, 2.24) is 4.57 Å². The SMILES string of the molecule is COC(=O)CC(c1cc2cc(OC)ccc2n(CC(C)C)c1=O)c1c(O)c(O)c(O)c2c(=O)cc(-c3ccccc3)oc12. The molecule has 5 aromatic rings. The minimum Gasteiger partial charge on any atom is -0.504 e. The largest absolute Gasteiger partial charge is 0.504 e. The molecule has 0 aliphatic heterocycles. The number of carbonyl (C=O) groups excluding carboxylic acids is 1. The summed E-state index contributed by atoms with van der Waals surface area (Å²) in [6.07, 6.45) is -0.463. The van der Waals surface area contributed by atoms with E-state index in [1.54, 1.807) is 59.2 Å². The fourth-order valence-corrected chi connectivity index (χ4v) is 5.37. The summed E-state index contributed by atoms with van der Waals surface area (Å²) in [7, 11) is 2.70. The number of phenolic OH excluding ortho intramolecular Hbond substituents is 3. The average Bonchev–Trinajstić information content (AvgIpc) is 3.00. The number of ether oxygens (including phenoxy) is 2. The lowest BCUT2D eigenvalue weighted by molar-refractivity contribution is -0.140. The van der Waals surface area contributed by atoms with E-state index in [9.17, 15) is 29.7 Å². The summed E-state index contributed by atoms with van der Waals surface area (Å²) in [5, 5.41) is 33.0. The van der Waals surface area contributed by atoms with Gasteiger partial charge in [0.05, 0.1) is 26.2 Å². The van der Waals surface area contributed by atoms with Gasteiger partial charge in [-0.15, -0.1) is 0 Å². The Labute approximate surface area is 246 Å². The highest BCUT2D eigenvalue weighted by Gasteiger charge is 2.33. The van der Waals surface area contributed by atoms with Crippen molar-refractivity contribution >= 4 is 27.8 Å². The van der Waals surface area contributed by atoms with Crippen molar-refractivity contribution in [3.8, 4) is 34.3 Å². The first-order valence-electron chi connectivity index (χ1n) is 13.6. The van der Waals surface area contributed by atoms with Crippen LogP contribution in [0.15, 0.2) is 74.7 Å². The molecule has 0 saturated heterocycles. The van der Waals surface area contributed by atoms with E-state index in [2.05, 4.69) is 0 Å². The molecule has 222 valence electrons. The van der Waals surface area contributed by atoms with Crippen molar-refractivity contribution in [2.24, 2.45) is 5.92 Å². The molecule has 1 atom stereocenters. The number of pyridine rings is 1. The molecule has 0 spiro atoms. The van der Waals surface area contributed by atoms with Crippen LogP contribution in [0.4, 0.5) is 0 Å². The zero-order valence-electron chi connectivity index (χ0n) is 24.1. The predicted octanol–water partition coefficient (Wildman–Crippen LogP) is 5.25. The van der Waals surface area contributed by atoms with Crippen LogP contribution in [0.3, 0.4) is 0 Å². The summed E-state index contributed by atoms with van der Waals surface area (Å²) >= 11 is 0. The minimum atomic E-state index is -1.27. The standard InChI is InChI=1S/C33H31NO9/c1-17(2)16-34-23-11-10-20(41-3)12-19(23)13-22(33(34)40)21(14-26(36)42-4)27-29(37)31(39)30(38)28-24(35)15-25(43-32(27)28)18-8-6-5-7-9-18/h5-13,15,17,21,37-39H,14,16H2,1-4H3. The highest BCUT2D eigenvalue weighted by Crippen LogP contribution is 2.49. The molecule has 43 heavy (non-hydrogen) atoms. The maximum absolute atomic E-state index is 14.2. The molecule has 3 aromatic carbocycles. The van der Waals surface area contributed by atoms with Crippen molar-refractivity contribution in [3.05, 3.63) is 92.4 Å². The number of methoxy groups -OCH3 is 2. The van der Waals surface area contributed by atoms with Crippen LogP contribution >= 0.6 is 0 Å². The second-order valence-electron chi connectivity index (χ2n) is 10.7. The molecule has 2 aromatic heterocycles. The molecule has 0 fully saturated rings. The molecule has 2 heterocycles. The van der Waals surface area contributed by atoms with Gasteiger partial charge in [0.2, 0.25) is 5.75 Å². The number of hydrogen-bond acceptors (Lipinski definition) is 9. The molecule has 0 bridgehead atoms. The second-order valence-corrected chi connectivity index (χ2v) is 10.7. The number of rotatable bonds is 8. The number of phenols is 3. The van der Waals surface area contributed by atoms with E-state index >= 15 is 0 Å². The fourth-order valence-electron chi connectivity index (χ4n) is 5.37. The Morgan fingerprint density at radius 3 is 2.30 bits per heavy atom. The van der Waals surface area contributed by atoms with E-state index in [0.29, 0.717) is 28.8 Å². The van der Waals surface area contributed by atoms with Gasteiger partial charge >= 0.3 is 5.97 Å². The van der Waals surface area contributed by atoms with E-state index in [-0.39, 0.29) is 28.4 Å². The Balaban J connectivity index is 1.92. The van der Waals surface area contributed by atoms with E-state index in [1.165, 1.54) is 14.2 Å². The van der Waals surface area contributed by atoms with Gasteiger partial charge in [-0.1, -0.05) is 44.2 Å². The fraction of sp³-hybridized carbons (Fsp3) is 0.242. The number of benzene rings is 3. The third kappa shape index (κ3) is 5.27. The first kappa shape index (κ1) is 29.2. The van der Waals surface area contributed by atoms with E-state index < -0.39 is 51.9 Å². The molecule has 0 saturated carbocycles. The Kier molecular flexibility index (Phi) is 7.86. The van der Waals surface area contributed by atoms with E-state index in [4.69, 9.17) is 13.9 Å². The molecule has 5 rings (SSSR count). The maximum Gasteiger partial charge on any atom is 0.306 e. The number of esters is 1. The molecular weight excluding hydrogens is 554 g/mol. The highest BCUT2D eigenvalue weighted by molar-refractivity contribution is 5.94. The van der Waals surface area contributed by atoms with Gasteiger partial charge in [-0.3, -0.25) is 14.4 Å². The molecule has 10 heteroatoms. The Hall–Kier alpha value is -5.25. The summed E-state index contributed by atoms with van der Waals surface area (Å²) in [4.78, 5) is 40.4. The van der Waals surface area contributed by atoms with E-state index in [1.807, 2.05) is 13.8 Å². The average molecular weight is 586 g/mol. The summed E-state index contributed by atoms with van der Waals surface area (Å²) in [6.45, 7) is 4.25. The summed E-state index contributed by atoms with van der Waals surface area (Å²) in [5.41, 5.74) is -0.439. The Morgan fingerprint density at radius 1 is 0.930 bits per heavy atom. The van der Waals surface area contributed by atoms with Crippen LogP contribution < -0.4 is 15.7 Å². The van der Waals surface area contributed by atoms with Gasteiger partial charge in [-0.05, 0) is 30.2 Å². The monoisotopic (exact) mass is 585 g/mol. The molecular formula is C33H31NO9. The van der Waals surface area contributed by atoms with Crippen molar-refractivity contribution in [2.75, 3.05) is 14.2 Å². The predicted molar refractivity (Wildman–Crippen MR) is 161 cm³/mol. The summed E-state index contributed by atoms with van der Waals surface area (Å²) in [6, 6.07) is 16.7. The topological polar surface area (TPSA) is 148 Å². The highest BCUT2D eigenvalue weighted by atomic mass is 16.5. The molecule has 3 N–H and O–H groups in total. The first-order chi connectivity index (χ1) is 20.5. The number of nitrogens with zero attached hydrogens (tertiary/aromatic N) is 1. The number of aromatic nitrogens is 1. The van der Waals surface area contributed by atoms with Gasteiger partial charge in [0.1, 0.15) is 22.5 Å². The second kappa shape index (κ2) is 11.6. The lowest BCUT2D eigenvalue weighted by Gasteiger charge is -2.23. The van der Waals surface area contributed by atoms with Crippen molar-refractivity contribution < 1.29 is 34.0 Å². The minimum absolute atomic E-state index is 0.0655. The van der Waals surface area contributed by atoms with Crippen LogP contribution in [0.5, 0.6) is 23.0 Å². The van der Waals surface area contributed by atoms with Gasteiger partial charge in [-0.2, -0.15) is 0 Å². The van der Waals surface area contributed by atoms with Crippen LogP contribution in [0.2, 0.25) is 0 Å². The normalized spacial score (nSPS) is 12.1. The van der Waals surface area contributed by atoms with Crippen LogP contribution in [0.1, 0.15) is 37.3 Å². The smallest absolute Gasteiger partial charge is 0.306 e. The van der Waals surface area contributed by atoms with Crippen LogP contribution in [-0.2, 0) is 16.1 Å². The lowest BCUT2D eigenvalue weighted by atomic mass is 9.86. The number of fused-ring (bicyclic) bond motifs is 2. The molecule has 10 nitrogen and oxygen atoms in total. The van der Waals surface area contributed by atoms with Gasteiger partial charge < -0.3 is 33.8 Å². The number of hydrogen-bond donors (Lipinski definition) is 3. The molecule has 1 unspecified atom stereocenters. The van der Waals surface area contributed by atoms with Crippen molar-refractivity contribution in [1.29, 1.82) is 0 Å². The third-order valence-corrected chi connectivity index (χ3v) is 7.39. The van der Waals surface area contributed by atoms with Crippen LogP contribution in [-0.4, -0.2) is 40.1 Å². The number of carbonyl (C=O) groups is 1. The van der Waals surface area contributed by atoms with Crippen LogP contribution in [0.25, 0.3) is 33.2 Å². The third-order valence-electron chi connectivity index (χ3n) is 7.39. The van der Waals surface area contributed by atoms with Gasteiger partial charge in [-0.25, -0.2) is 0 Å². The molecule has 0 aliphatic rings. The zero-order valence-corrected chi connectivity index (χ0v) is 24.1. The maximum atomic E-state index is 14.2. The van der Waals surface area contributed by atoms with Gasteiger partial charge in [0, 0.05) is 40.6 Å². The number of aromatic hydroxyl groups is 3. The van der Waals surface area contributed by atoms with Gasteiger partial charge in [0.15, 0.2) is 16.9 Å². The first-order valence-corrected chi connectivity index (χ1v) is 13.6. The Bertz CT molecular complexity index is 1970. The van der Waals surface area contributed by atoms with Gasteiger partial charge in [0.25, 0.3) is 5.56 Å². The van der Waals surface area contributed by atoms with Crippen molar-refractivity contribution in [3.63, 3.8) is 0 Å². The summed E-state index contributed by atoms with van der Waals surface area (Å²) in [5.74, 6) is -4.00. The molecule has 0 radical (unpaired) electrons.